The van der Waals surface area contributed by atoms with Crippen molar-refractivity contribution in [1.29, 1.82) is 0 Å². The SMILES string of the molecule is CNCCN(C)C(=O)c1ccn(C)n1. The first-order chi connectivity index (χ1) is 6.65. The van der Waals surface area contributed by atoms with Crippen LogP contribution in [0.1, 0.15) is 10.5 Å². The fraction of sp³-hybridized carbons (Fsp3) is 0.556. The van der Waals surface area contributed by atoms with Crippen LogP contribution in [-0.2, 0) is 7.05 Å². The largest absolute Gasteiger partial charge is 0.339 e. The maximum absolute atomic E-state index is 11.7. The lowest BCUT2D eigenvalue weighted by molar-refractivity contribution is 0.0790. The van der Waals surface area contributed by atoms with Crippen LogP contribution in [0.5, 0.6) is 0 Å². The van der Waals surface area contributed by atoms with E-state index in [2.05, 4.69) is 10.4 Å². The molecule has 0 atom stereocenters. The molecule has 14 heavy (non-hydrogen) atoms. The van der Waals surface area contributed by atoms with Gasteiger partial charge in [-0.1, -0.05) is 0 Å². The van der Waals surface area contributed by atoms with Crippen LogP contribution in [0.3, 0.4) is 0 Å². The second-order valence-corrected chi connectivity index (χ2v) is 3.20. The average molecular weight is 196 g/mol. The summed E-state index contributed by atoms with van der Waals surface area (Å²) in [7, 11) is 5.43. The maximum Gasteiger partial charge on any atom is 0.274 e. The summed E-state index contributed by atoms with van der Waals surface area (Å²) in [5.41, 5.74) is 0.492. The highest BCUT2D eigenvalue weighted by Gasteiger charge is 2.13. The normalized spacial score (nSPS) is 10.2. The van der Waals surface area contributed by atoms with Gasteiger partial charge in [0.25, 0.3) is 5.91 Å². The van der Waals surface area contributed by atoms with E-state index < -0.39 is 0 Å². The van der Waals surface area contributed by atoms with Gasteiger partial charge in [-0.3, -0.25) is 9.48 Å². The van der Waals surface area contributed by atoms with Crippen LogP contribution < -0.4 is 5.32 Å². The molecule has 0 aliphatic rings. The van der Waals surface area contributed by atoms with Crippen LogP contribution in [0.2, 0.25) is 0 Å². The van der Waals surface area contributed by atoms with Gasteiger partial charge in [-0.15, -0.1) is 0 Å². The molecule has 5 nitrogen and oxygen atoms in total. The van der Waals surface area contributed by atoms with Gasteiger partial charge in [-0.25, -0.2) is 0 Å². The number of carbonyl (C=O) groups is 1. The van der Waals surface area contributed by atoms with Crippen LogP contribution in [0.25, 0.3) is 0 Å². The van der Waals surface area contributed by atoms with E-state index in [-0.39, 0.29) is 5.91 Å². The number of aryl methyl sites for hydroxylation is 1. The summed E-state index contributed by atoms with van der Waals surface area (Å²) in [6, 6.07) is 1.72. The molecule has 1 aromatic heterocycles. The molecule has 0 saturated carbocycles. The van der Waals surface area contributed by atoms with Gasteiger partial charge in [0.2, 0.25) is 0 Å². The predicted molar refractivity (Wildman–Crippen MR) is 54.1 cm³/mol. The second-order valence-electron chi connectivity index (χ2n) is 3.20. The quantitative estimate of drug-likeness (QED) is 0.720. The van der Waals surface area contributed by atoms with Gasteiger partial charge >= 0.3 is 0 Å². The lowest BCUT2D eigenvalue weighted by Crippen LogP contribution is -2.33. The summed E-state index contributed by atoms with van der Waals surface area (Å²) in [5.74, 6) is -0.0409. The van der Waals surface area contributed by atoms with E-state index in [1.165, 1.54) is 0 Å². The zero-order valence-corrected chi connectivity index (χ0v) is 8.82. The third kappa shape index (κ3) is 2.56. The molecule has 0 aliphatic carbocycles. The standard InChI is InChI=1S/C9H16N4O/c1-10-5-7-12(2)9(14)8-4-6-13(3)11-8/h4,6,10H,5,7H2,1-3H3. The van der Waals surface area contributed by atoms with Crippen molar-refractivity contribution < 1.29 is 4.79 Å². The van der Waals surface area contributed by atoms with Gasteiger partial charge in [0.05, 0.1) is 0 Å². The number of rotatable bonds is 4. The molecule has 1 rings (SSSR count). The first-order valence-electron chi connectivity index (χ1n) is 4.55. The Hall–Kier alpha value is -1.36. The minimum Gasteiger partial charge on any atom is -0.339 e. The third-order valence-electron chi connectivity index (χ3n) is 1.98. The van der Waals surface area contributed by atoms with E-state index in [1.807, 2.05) is 7.05 Å². The number of aromatic nitrogens is 2. The molecule has 0 fully saturated rings. The molecule has 0 aromatic carbocycles. The number of amides is 1. The Labute approximate surface area is 83.7 Å². The molecule has 0 unspecified atom stereocenters. The van der Waals surface area contributed by atoms with Crippen molar-refractivity contribution in [1.82, 2.24) is 20.0 Å². The number of hydrogen-bond donors (Lipinski definition) is 1. The fourth-order valence-electron chi connectivity index (χ4n) is 1.11. The molecule has 1 heterocycles. The van der Waals surface area contributed by atoms with Crippen molar-refractivity contribution in [2.45, 2.75) is 0 Å². The van der Waals surface area contributed by atoms with Gasteiger partial charge in [-0.2, -0.15) is 5.10 Å². The molecule has 0 spiro atoms. The van der Waals surface area contributed by atoms with Crippen molar-refractivity contribution >= 4 is 5.91 Å². The van der Waals surface area contributed by atoms with Crippen LogP contribution in [0, 0.1) is 0 Å². The van der Waals surface area contributed by atoms with Gasteiger partial charge < -0.3 is 10.2 Å². The molecule has 0 radical (unpaired) electrons. The Morgan fingerprint density at radius 2 is 2.43 bits per heavy atom. The summed E-state index contributed by atoms with van der Waals surface area (Å²) >= 11 is 0. The molecule has 0 saturated heterocycles. The first kappa shape index (κ1) is 10.7. The van der Waals surface area contributed by atoms with Gasteiger partial charge in [0.1, 0.15) is 5.69 Å². The topological polar surface area (TPSA) is 50.2 Å². The number of hydrogen-bond acceptors (Lipinski definition) is 3. The van der Waals surface area contributed by atoms with Crippen LogP contribution in [0.15, 0.2) is 12.3 Å². The van der Waals surface area contributed by atoms with Crippen LogP contribution in [-0.4, -0.2) is 47.8 Å². The summed E-state index contributed by atoms with van der Waals surface area (Å²) in [6.07, 6.45) is 1.76. The highest BCUT2D eigenvalue weighted by Crippen LogP contribution is 1.98. The Bertz CT molecular complexity index is 308. The summed E-state index contributed by atoms with van der Waals surface area (Å²) in [5, 5.41) is 7.04. The molecule has 78 valence electrons. The van der Waals surface area contributed by atoms with Gasteiger partial charge in [0.15, 0.2) is 0 Å². The summed E-state index contributed by atoms with van der Waals surface area (Å²) in [6.45, 7) is 1.47. The second kappa shape index (κ2) is 4.76. The van der Waals surface area contributed by atoms with Crippen LogP contribution in [0.4, 0.5) is 0 Å². The highest BCUT2D eigenvalue weighted by atomic mass is 16.2. The summed E-state index contributed by atoms with van der Waals surface area (Å²) < 4.78 is 1.62. The predicted octanol–water partition coefficient (Wildman–Crippen LogP) is -0.289. The van der Waals surface area contributed by atoms with E-state index in [0.717, 1.165) is 6.54 Å². The van der Waals surface area contributed by atoms with Crippen LogP contribution >= 0.6 is 0 Å². The Balaban J connectivity index is 2.56. The Morgan fingerprint density at radius 1 is 1.71 bits per heavy atom. The highest BCUT2D eigenvalue weighted by molar-refractivity contribution is 5.91. The molecule has 5 heteroatoms. The van der Waals surface area contributed by atoms with Crippen molar-refractivity contribution in [3.05, 3.63) is 18.0 Å². The molecule has 1 amide bonds. The molecule has 1 N–H and O–H groups in total. The monoisotopic (exact) mass is 196 g/mol. The first-order valence-corrected chi connectivity index (χ1v) is 4.55. The number of nitrogens with one attached hydrogen (secondary N) is 1. The number of nitrogens with zero attached hydrogens (tertiary/aromatic N) is 3. The van der Waals surface area contributed by atoms with E-state index in [4.69, 9.17) is 0 Å². The lowest BCUT2D eigenvalue weighted by atomic mass is 10.4. The lowest BCUT2D eigenvalue weighted by Gasteiger charge is -2.14. The van der Waals surface area contributed by atoms with Gasteiger partial charge in [0, 0.05) is 33.4 Å². The molecule has 0 bridgehead atoms. The Kier molecular flexibility index (Phi) is 3.64. The number of carbonyl (C=O) groups excluding carboxylic acids is 1. The van der Waals surface area contributed by atoms with Crippen molar-refractivity contribution in [2.75, 3.05) is 27.2 Å². The summed E-state index contributed by atoms with van der Waals surface area (Å²) in [4.78, 5) is 13.3. The van der Waals surface area contributed by atoms with E-state index >= 15 is 0 Å². The van der Waals surface area contributed by atoms with Crippen molar-refractivity contribution in [3.63, 3.8) is 0 Å². The van der Waals surface area contributed by atoms with E-state index in [0.29, 0.717) is 12.2 Å². The zero-order valence-electron chi connectivity index (χ0n) is 8.82. The fourth-order valence-corrected chi connectivity index (χ4v) is 1.11. The molecular weight excluding hydrogens is 180 g/mol. The number of likely N-dealkylation sites (N-methyl/N-ethyl adjacent to an activating group) is 2. The van der Waals surface area contributed by atoms with E-state index in [9.17, 15) is 4.79 Å². The smallest absolute Gasteiger partial charge is 0.274 e. The molecular formula is C9H16N4O. The van der Waals surface area contributed by atoms with Crippen molar-refractivity contribution in [2.24, 2.45) is 7.05 Å². The van der Waals surface area contributed by atoms with Gasteiger partial charge in [-0.05, 0) is 13.1 Å². The third-order valence-corrected chi connectivity index (χ3v) is 1.98. The maximum atomic E-state index is 11.7. The molecule has 1 aromatic rings. The minimum atomic E-state index is -0.0409. The minimum absolute atomic E-state index is 0.0409. The Morgan fingerprint density at radius 3 is 2.93 bits per heavy atom. The zero-order chi connectivity index (χ0) is 10.6. The van der Waals surface area contributed by atoms with E-state index in [1.54, 1.807) is 35.9 Å². The average Bonchev–Trinajstić information content (AvgIpc) is 2.60. The van der Waals surface area contributed by atoms with Crippen molar-refractivity contribution in [3.8, 4) is 0 Å². The molecule has 0 aliphatic heterocycles.